The maximum absolute atomic E-state index is 12.3. The van der Waals surface area contributed by atoms with Gasteiger partial charge in [0.25, 0.3) is 0 Å². The zero-order valence-electron chi connectivity index (χ0n) is 19.6. The van der Waals surface area contributed by atoms with Gasteiger partial charge in [-0.1, -0.05) is 45.0 Å². The topological polar surface area (TPSA) is 59.7 Å². The lowest BCUT2D eigenvalue weighted by Crippen LogP contribution is -2.45. The highest BCUT2D eigenvalue weighted by Gasteiger charge is 2.34. The van der Waals surface area contributed by atoms with Crippen molar-refractivity contribution in [3.63, 3.8) is 0 Å². The van der Waals surface area contributed by atoms with Crippen molar-refractivity contribution in [3.05, 3.63) is 54.5 Å². The van der Waals surface area contributed by atoms with E-state index in [-0.39, 0.29) is 11.5 Å². The number of benzene rings is 1. The molecule has 1 amide bonds. The zero-order chi connectivity index (χ0) is 22.6. The van der Waals surface area contributed by atoms with Gasteiger partial charge < -0.3 is 9.64 Å². The summed E-state index contributed by atoms with van der Waals surface area (Å²) in [6, 6.07) is 10.6. The minimum atomic E-state index is -0.457. The summed E-state index contributed by atoms with van der Waals surface area (Å²) in [7, 11) is 0. The largest absolute Gasteiger partial charge is 0.444 e. The number of hydrogen-bond acceptors (Lipinski definition) is 4. The van der Waals surface area contributed by atoms with Crippen LogP contribution in [0.1, 0.15) is 59.9 Å². The Labute approximate surface area is 185 Å². The number of nitrogens with zero attached hydrogens (tertiary/aromatic N) is 4. The van der Waals surface area contributed by atoms with Crippen LogP contribution in [0.15, 0.2) is 48.9 Å². The van der Waals surface area contributed by atoms with Crippen molar-refractivity contribution in [1.82, 2.24) is 19.5 Å². The quantitative estimate of drug-likeness (QED) is 0.531. The molecule has 0 bridgehead atoms. The molecule has 2 aromatic heterocycles. The number of ether oxygens (including phenoxy) is 1. The van der Waals surface area contributed by atoms with E-state index in [2.05, 4.69) is 41.3 Å². The molecule has 6 heteroatoms. The molecule has 3 heterocycles. The van der Waals surface area contributed by atoms with Gasteiger partial charge in [0.15, 0.2) is 5.65 Å². The minimum Gasteiger partial charge on any atom is -0.444 e. The highest BCUT2D eigenvalue weighted by Crippen LogP contribution is 2.36. The van der Waals surface area contributed by atoms with Gasteiger partial charge in [0, 0.05) is 37.1 Å². The predicted octanol–water partition coefficient (Wildman–Crippen LogP) is 5.71. The Hall–Kier alpha value is -2.89. The molecule has 31 heavy (non-hydrogen) atoms. The van der Waals surface area contributed by atoms with Crippen molar-refractivity contribution in [2.24, 2.45) is 0 Å². The van der Waals surface area contributed by atoms with Gasteiger partial charge in [-0.15, -0.1) is 0 Å². The summed E-state index contributed by atoms with van der Waals surface area (Å²) in [5, 5.41) is 4.26. The van der Waals surface area contributed by atoms with Gasteiger partial charge in [-0.2, -0.15) is 5.10 Å². The normalized spacial score (nSPS) is 15.9. The zero-order valence-corrected chi connectivity index (χ0v) is 19.6. The molecule has 1 saturated heterocycles. The number of piperidine rings is 1. The van der Waals surface area contributed by atoms with Gasteiger partial charge in [-0.3, -0.25) is 0 Å². The Morgan fingerprint density at radius 3 is 2.29 bits per heavy atom. The third-order valence-corrected chi connectivity index (χ3v) is 5.68. The van der Waals surface area contributed by atoms with Crippen LogP contribution in [0.5, 0.6) is 0 Å². The Balaban J connectivity index is 0.00000132. The van der Waals surface area contributed by atoms with Crippen LogP contribution < -0.4 is 0 Å². The Morgan fingerprint density at radius 2 is 1.68 bits per heavy atom. The number of rotatable bonds is 2. The molecule has 6 nitrogen and oxygen atoms in total. The van der Waals surface area contributed by atoms with E-state index in [9.17, 15) is 4.79 Å². The molecule has 0 radical (unpaired) electrons. The van der Waals surface area contributed by atoms with Gasteiger partial charge in [-0.25, -0.2) is 14.3 Å². The fourth-order valence-corrected chi connectivity index (χ4v) is 3.82. The van der Waals surface area contributed by atoms with Gasteiger partial charge in [0.2, 0.25) is 0 Å². The van der Waals surface area contributed by atoms with E-state index in [0.717, 1.165) is 29.6 Å². The summed E-state index contributed by atoms with van der Waals surface area (Å²) in [5.41, 5.74) is 3.90. The van der Waals surface area contributed by atoms with Crippen LogP contribution in [0.25, 0.3) is 16.8 Å². The van der Waals surface area contributed by atoms with E-state index in [1.807, 2.05) is 58.0 Å². The standard InChI is InChI=1S/C23H28N4O2.C2H6/c1-22(2,3)29-21(28)26-13-10-23(4,11-14-26)19-7-5-17(6-8-19)18-15-24-20-9-12-25-27(20)16-18;1-2/h5-9,12,15-16H,10-11,13-14H2,1-4H3;1-2H3. The van der Waals surface area contributed by atoms with Crippen LogP contribution in [0.3, 0.4) is 0 Å². The average Bonchev–Trinajstić information content (AvgIpc) is 3.22. The molecule has 0 N–H and O–H groups in total. The summed E-state index contributed by atoms with van der Waals surface area (Å²) in [5.74, 6) is 0. The molecule has 166 valence electrons. The molecular weight excluding hydrogens is 388 g/mol. The van der Waals surface area contributed by atoms with Crippen LogP contribution in [0.4, 0.5) is 4.79 Å². The summed E-state index contributed by atoms with van der Waals surface area (Å²) in [6.45, 7) is 13.4. The number of carbonyl (C=O) groups is 1. The Kier molecular flexibility index (Phi) is 6.68. The molecule has 1 aliphatic heterocycles. The van der Waals surface area contributed by atoms with Gasteiger partial charge in [0.05, 0.1) is 6.20 Å². The molecule has 0 unspecified atom stereocenters. The molecule has 1 fully saturated rings. The molecular formula is C25H34N4O2. The van der Waals surface area contributed by atoms with Crippen LogP contribution >= 0.6 is 0 Å². The molecule has 0 aliphatic carbocycles. The summed E-state index contributed by atoms with van der Waals surface area (Å²) >= 11 is 0. The lowest BCUT2D eigenvalue weighted by molar-refractivity contribution is 0.0172. The predicted molar refractivity (Wildman–Crippen MR) is 124 cm³/mol. The Bertz CT molecular complexity index is 1010. The lowest BCUT2D eigenvalue weighted by atomic mass is 9.74. The fraction of sp³-hybridized carbons (Fsp3) is 0.480. The van der Waals surface area contributed by atoms with Crippen molar-refractivity contribution in [3.8, 4) is 11.1 Å². The first-order valence-corrected chi connectivity index (χ1v) is 11.1. The third kappa shape index (κ3) is 5.24. The molecule has 0 saturated carbocycles. The Morgan fingerprint density at radius 1 is 1.03 bits per heavy atom. The number of fused-ring (bicyclic) bond motifs is 1. The van der Waals surface area contributed by atoms with E-state index in [0.29, 0.717) is 13.1 Å². The maximum atomic E-state index is 12.3. The van der Waals surface area contributed by atoms with Crippen molar-refractivity contribution >= 4 is 11.7 Å². The average molecular weight is 423 g/mol. The number of likely N-dealkylation sites (tertiary alicyclic amines) is 1. The molecule has 0 atom stereocenters. The van der Waals surface area contributed by atoms with Crippen LogP contribution in [-0.4, -0.2) is 44.3 Å². The first-order valence-electron chi connectivity index (χ1n) is 11.1. The number of aromatic nitrogens is 3. The van der Waals surface area contributed by atoms with E-state index in [1.165, 1.54) is 5.56 Å². The smallest absolute Gasteiger partial charge is 0.410 e. The van der Waals surface area contributed by atoms with Crippen molar-refractivity contribution in [2.45, 2.75) is 65.4 Å². The van der Waals surface area contributed by atoms with Gasteiger partial charge >= 0.3 is 6.09 Å². The second kappa shape index (κ2) is 9.08. The highest BCUT2D eigenvalue weighted by molar-refractivity contribution is 5.68. The summed E-state index contributed by atoms with van der Waals surface area (Å²) in [6.07, 6.45) is 7.26. The first-order chi connectivity index (χ1) is 14.7. The van der Waals surface area contributed by atoms with E-state index < -0.39 is 5.60 Å². The van der Waals surface area contributed by atoms with Crippen molar-refractivity contribution < 1.29 is 9.53 Å². The monoisotopic (exact) mass is 422 g/mol. The SMILES string of the molecule is CC.CC(C)(C)OC(=O)N1CCC(C)(c2ccc(-c3cnc4ccnn4c3)cc2)CC1. The highest BCUT2D eigenvalue weighted by atomic mass is 16.6. The van der Waals surface area contributed by atoms with Crippen LogP contribution in [0, 0.1) is 0 Å². The van der Waals surface area contributed by atoms with Gasteiger partial charge in [0.1, 0.15) is 5.60 Å². The fourth-order valence-electron chi connectivity index (χ4n) is 3.82. The molecule has 1 aromatic carbocycles. The number of carbonyl (C=O) groups excluding carboxylic acids is 1. The molecule has 0 spiro atoms. The van der Waals surface area contributed by atoms with Crippen LogP contribution in [0.2, 0.25) is 0 Å². The first kappa shape index (κ1) is 22.8. The van der Waals surface area contributed by atoms with Crippen molar-refractivity contribution in [2.75, 3.05) is 13.1 Å². The maximum Gasteiger partial charge on any atom is 0.410 e. The van der Waals surface area contributed by atoms with E-state index in [4.69, 9.17) is 4.74 Å². The second-order valence-corrected chi connectivity index (χ2v) is 9.08. The molecule has 3 aromatic rings. The summed E-state index contributed by atoms with van der Waals surface area (Å²) in [4.78, 5) is 18.6. The second-order valence-electron chi connectivity index (χ2n) is 9.08. The lowest BCUT2D eigenvalue weighted by Gasteiger charge is -2.40. The molecule has 1 aliphatic rings. The van der Waals surface area contributed by atoms with Crippen LogP contribution in [-0.2, 0) is 10.2 Å². The number of amides is 1. The van der Waals surface area contributed by atoms with Gasteiger partial charge in [-0.05, 0) is 50.2 Å². The van der Waals surface area contributed by atoms with Crippen molar-refractivity contribution in [1.29, 1.82) is 0 Å². The molecule has 4 rings (SSSR count). The third-order valence-electron chi connectivity index (χ3n) is 5.68. The van der Waals surface area contributed by atoms with E-state index >= 15 is 0 Å². The van der Waals surface area contributed by atoms with E-state index in [1.54, 1.807) is 10.7 Å². The minimum absolute atomic E-state index is 0.0568. The summed E-state index contributed by atoms with van der Waals surface area (Å²) < 4.78 is 7.30. The number of hydrogen-bond donors (Lipinski definition) is 0.